The number of benzene rings is 1. The molecule has 5 nitrogen and oxygen atoms in total. The second kappa shape index (κ2) is 5.08. The van der Waals surface area contributed by atoms with Crippen molar-refractivity contribution < 1.29 is 4.79 Å². The molecule has 0 fully saturated rings. The van der Waals surface area contributed by atoms with E-state index in [0.29, 0.717) is 22.6 Å². The first-order chi connectivity index (χ1) is 10.6. The average Bonchev–Trinajstić information content (AvgIpc) is 2.80. The Hall–Kier alpha value is -3.00. The van der Waals surface area contributed by atoms with E-state index >= 15 is 0 Å². The molecule has 0 saturated carbocycles. The van der Waals surface area contributed by atoms with Gasteiger partial charge in [-0.05, 0) is 25.0 Å². The van der Waals surface area contributed by atoms with Crippen molar-refractivity contribution >= 4 is 11.4 Å². The minimum absolute atomic E-state index is 0.143. The Balaban J connectivity index is 2.51. The quantitative estimate of drug-likeness (QED) is 0.680. The summed E-state index contributed by atoms with van der Waals surface area (Å²) in [5, 5.41) is 17.5. The van der Waals surface area contributed by atoms with Crippen LogP contribution in [0.3, 0.4) is 0 Å². The van der Waals surface area contributed by atoms with Crippen LogP contribution >= 0.6 is 0 Å². The molecule has 0 atom stereocenters. The van der Waals surface area contributed by atoms with Gasteiger partial charge in [-0.15, -0.1) is 10.2 Å². The normalized spacial score (nSPS) is 10.6. The molecule has 5 heteroatoms. The third-order valence-electron chi connectivity index (χ3n) is 3.80. The summed E-state index contributed by atoms with van der Waals surface area (Å²) < 4.78 is 1.85. The molecule has 0 unspecified atom stereocenters. The Morgan fingerprint density at radius 3 is 2.45 bits per heavy atom. The summed E-state index contributed by atoms with van der Waals surface area (Å²) in [4.78, 5) is 11.7. The Morgan fingerprint density at radius 1 is 1.18 bits per heavy atom. The van der Waals surface area contributed by atoms with Gasteiger partial charge in [-0.25, -0.2) is 0 Å². The first kappa shape index (κ1) is 14.0. The van der Waals surface area contributed by atoms with Crippen molar-refractivity contribution in [2.75, 3.05) is 0 Å². The van der Waals surface area contributed by atoms with Gasteiger partial charge in [0.25, 0.3) is 0 Å². The number of aryl methyl sites for hydroxylation is 1. The second-order valence-electron chi connectivity index (χ2n) is 5.18. The van der Waals surface area contributed by atoms with E-state index in [9.17, 15) is 10.1 Å². The van der Waals surface area contributed by atoms with E-state index in [-0.39, 0.29) is 5.78 Å². The molecule has 0 aliphatic carbocycles. The number of carbonyl (C=O) groups excluding carboxylic acids is 1. The van der Waals surface area contributed by atoms with Gasteiger partial charge in [-0.3, -0.25) is 9.20 Å². The summed E-state index contributed by atoms with van der Waals surface area (Å²) in [6.45, 7) is 5.18. The SMILES string of the molecule is CC(=O)c1nnc2c(C#N)c(C)c(-c3ccccc3)n2c1C. The van der Waals surface area contributed by atoms with Crippen molar-refractivity contribution in [3.8, 4) is 17.3 Å². The minimum atomic E-state index is -0.143. The molecule has 1 aromatic carbocycles. The van der Waals surface area contributed by atoms with Gasteiger partial charge in [0.15, 0.2) is 11.4 Å². The highest BCUT2D eigenvalue weighted by Crippen LogP contribution is 2.31. The van der Waals surface area contributed by atoms with Crippen molar-refractivity contribution in [3.63, 3.8) is 0 Å². The first-order valence-corrected chi connectivity index (χ1v) is 6.91. The molecule has 0 radical (unpaired) electrons. The zero-order valence-corrected chi connectivity index (χ0v) is 12.6. The number of Topliss-reactive ketones (excluding diaryl/α,β-unsaturated/α-hetero) is 1. The summed E-state index contributed by atoms with van der Waals surface area (Å²) in [6, 6.07) is 12.0. The van der Waals surface area contributed by atoms with E-state index < -0.39 is 0 Å². The Labute approximate surface area is 127 Å². The Morgan fingerprint density at radius 2 is 1.86 bits per heavy atom. The van der Waals surface area contributed by atoms with Gasteiger partial charge in [0, 0.05) is 6.92 Å². The number of aromatic nitrogens is 3. The lowest BCUT2D eigenvalue weighted by molar-refractivity contribution is 0.101. The van der Waals surface area contributed by atoms with Gasteiger partial charge >= 0.3 is 0 Å². The predicted molar refractivity (Wildman–Crippen MR) is 82.6 cm³/mol. The van der Waals surface area contributed by atoms with Crippen LogP contribution in [0.25, 0.3) is 16.9 Å². The standard InChI is InChI=1S/C17H14N4O/c1-10-14(9-18)17-20-19-15(12(3)22)11(2)21(17)16(10)13-7-5-4-6-8-13/h4-8H,1-3H3. The van der Waals surface area contributed by atoms with Crippen LogP contribution in [0, 0.1) is 25.2 Å². The zero-order valence-electron chi connectivity index (χ0n) is 12.6. The highest BCUT2D eigenvalue weighted by atomic mass is 16.1. The molecular formula is C17H14N4O. The Kier molecular flexibility index (Phi) is 3.22. The van der Waals surface area contributed by atoms with Crippen LogP contribution < -0.4 is 0 Å². The fourth-order valence-corrected chi connectivity index (χ4v) is 2.77. The molecule has 0 spiro atoms. The molecule has 3 rings (SSSR count). The predicted octanol–water partition coefficient (Wildman–Crippen LogP) is 3.09. The van der Waals surface area contributed by atoms with Crippen molar-refractivity contribution in [1.29, 1.82) is 5.26 Å². The van der Waals surface area contributed by atoms with Crippen LogP contribution in [0.15, 0.2) is 30.3 Å². The Bertz CT molecular complexity index is 933. The smallest absolute Gasteiger partial charge is 0.181 e. The average molecular weight is 290 g/mol. The maximum Gasteiger partial charge on any atom is 0.181 e. The van der Waals surface area contributed by atoms with Crippen LogP contribution in [0.2, 0.25) is 0 Å². The van der Waals surface area contributed by atoms with Crippen LogP contribution in [0.4, 0.5) is 0 Å². The molecule has 22 heavy (non-hydrogen) atoms. The van der Waals surface area contributed by atoms with E-state index in [4.69, 9.17) is 0 Å². The number of hydrogen-bond donors (Lipinski definition) is 0. The summed E-state index contributed by atoms with van der Waals surface area (Å²) in [6.07, 6.45) is 0. The van der Waals surface area contributed by atoms with Crippen LogP contribution in [-0.2, 0) is 0 Å². The third-order valence-corrected chi connectivity index (χ3v) is 3.80. The van der Waals surface area contributed by atoms with E-state index in [1.165, 1.54) is 6.92 Å². The minimum Gasteiger partial charge on any atom is -0.293 e. The number of rotatable bonds is 2. The van der Waals surface area contributed by atoms with Gasteiger partial charge in [0.05, 0.1) is 11.4 Å². The highest BCUT2D eigenvalue weighted by Gasteiger charge is 2.21. The fraction of sp³-hybridized carbons (Fsp3) is 0.176. The molecule has 0 bridgehead atoms. The third kappa shape index (κ3) is 1.89. The van der Waals surface area contributed by atoms with E-state index in [1.54, 1.807) is 0 Å². The highest BCUT2D eigenvalue weighted by molar-refractivity contribution is 5.93. The van der Waals surface area contributed by atoms with Crippen LogP contribution in [0.5, 0.6) is 0 Å². The van der Waals surface area contributed by atoms with Crippen molar-refractivity contribution in [1.82, 2.24) is 14.6 Å². The van der Waals surface area contributed by atoms with Gasteiger partial charge in [0.1, 0.15) is 17.3 Å². The number of carbonyl (C=O) groups is 1. The van der Waals surface area contributed by atoms with E-state index in [2.05, 4.69) is 16.3 Å². The largest absolute Gasteiger partial charge is 0.293 e. The number of nitriles is 1. The molecule has 2 aromatic heterocycles. The molecular weight excluding hydrogens is 276 g/mol. The first-order valence-electron chi connectivity index (χ1n) is 6.91. The van der Waals surface area contributed by atoms with Gasteiger partial charge in [-0.2, -0.15) is 5.26 Å². The lowest BCUT2D eigenvalue weighted by atomic mass is 10.1. The monoisotopic (exact) mass is 290 g/mol. The molecule has 0 aliphatic rings. The number of nitrogens with zero attached hydrogens (tertiary/aromatic N) is 4. The van der Waals surface area contributed by atoms with Crippen molar-refractivity contribution in [3.05, 3.63) is 52.8 Å². The van der Waals surface area contributed by atoms with Crippen LogP contribution in [0.1, 0.15) is 34.2 Å². The summed E-state index contributed by atoms with van der Waals surface area (Å²) >= 11 is 0. The lowest BCUT2D eigenvalue weighted by Gasteiger charge is -2.09. The molecule has 2 heterocycles. The summed E-state index contributed by atoms with van der Waals surface area (Å²) in [7, 11) is 0. The topological polar surface area (TPSA) is 71.0 Å². The van der Waals surface area contributed by atoms with Crippen molar-refractivity contribution in [2.24, 2.45) is 0 Å². The number of fused-ring (bicyclic) bond motifs is 1. The van der Waals surface area contributed by atoms with Gasteiger partial charge < -0.3 is 0 Å². The van der Waals surface area contributed by atoms with E-state index in [1.807, 2.05) is 48.6 Å². The molecule has 108 valence electrons. The summed E-state index contributed by atoms with van der Waals surface area (Å²) in [5.74, 6) is -0.143. The summed E-state index contributed by atoms with van der Waals surface area (Å²) in [5.41, 5.74) is 4.69. The maximum atomic E-state index is 11.7. The van der Waals surface area contributed by atoms with E-state index in [0.717, 1.165) is 16.8 Å². The maximum absolute atomic E-state index is 11.7. The molecule has 0 aliphatic heterocycles. The fourth-order valence-electron chi connectivity index (χ4n) is 2.77. The molecule has 3 aromatic rings. The molecule has 0 saturated heterocycles. The van der Waals surface area contributed by atoms with Crippen LogP contribution in [-0.4, -0.2) is 20.4 Å². The molecule has 0 amide bonds. The lowest BCUT2D eigenvalue weighted by Crippen LogP contribution is -2.09. The van der Waals surface area contributed by atoms with Gasteiger partial charge in [-0.1, -0.05) is 30.3 Å². The second-order valence-corrected chi connectivity index (χ2v) is 5.18. The van der Waals surface area contributed by atoms with Gasteiger partial charge in [0.2, 0.25) is 0 Å². The number of ketones is 1. The number of hydrogen-bond acceptors (Lipinski definition) is 4. The zero-order chi connectivity index (χ0) is 15.9. The molecule has 0 N–H and O–H groups in total. The van der Waals surface area contributed by atoms with Crippen molar-refractivity contribution in [2.45, 2.75) is 20.8 Å².